The maximum absolute atomic E-state index is 12.4. The molecule has 90 valence electrons. The monoisotopic (exact) mass is 236 g/mol. The molecule has 0 fully saturated rings. The van der Waals surface area contributed by atoms with Crippen molar-refractivity contribution >= 4 is 5.91 Å². The van der Waals surface area contributed by atoms with Crippen LogP contribution < -0.4 is 11.1 Å². The third-order valence-electron chi connectivity index (χ3n) is 1.75. The minimum atomic E-state index is -4.63. The number of carbonyl (C=O) groups excluding carboxylic acids is 1. The molecule has 1 rings (SSSR count). The van der Waals surface area contributed by atoms with Crippen molar-refractivity contribution in [3.8, 4) is 0 Å². The van der Waals surface area contributed by atoms with Gasteiger partial charge in [-0.15, -0.1) is 0 Å². The lowest BCUT2D eigenvalue weighted by molar-refractivity contribution is -0.141. The lowest BCUT2D eigenvalue weighted by atomic mass is 10.2. The molecule has 0 bridgehead atoms. The maximum Gasteiger partial charge on any atom is 0.433 e. The average molecular weight is 236 g/mol. The fourth-order valence-electron chi connectivity index (χ4n) is 1.02. The first kappa shape index (κ1) is 12.5. The van der Waals surface area contributed by atoms with Crippen molar-refractivity contribution in [2.45, 2.75) is 19.1 Å². The number of nitrogens with zero attached hydrogens (tertiary/aromatic N) is 1. The van der Waals surface area contributed by atoms with Gasteiger partial charge in [0, 0.05) is 12.6 Å². The van der Waals surface area contributed by atoms with Crippen LogP contribution >= 0.6 is 0 Å². The Morgan fingerprint density at radius 1 is 1.69 bits per heavy atom. The van der Waals surface area contributed by atoms with Crippen LogP contribution in [0.3, 0.4) is 0 Å². The second kappa shape index (κ2) is 4.52. The van der Waals surface area contributed by atoms with E-state index >= 15 is 0 Å². The predicted molar refractivity (Wildman–Crippen MR) is 49.6 cm³/mol. The van der Waals surface area contributed by atoms with E-state index in [0.717, 1.165) is 6.20 Å². The standard InChI is InChI=1S/C8H11F3N4O/c1-4(12)2-13-7(16)5-3-14-15-6(5)8(9,10)11/h3-4H,2,12H2,1H3,(H,13,16)(H,14,15). The lowest BCUT2D eigenvalue weighted by Gasteiger charge is -2.09. The minimum absolute atomic E-state index is 0.0985. The van der Waals surface area contributed by atoms with E-state index in [0.29, 0.717) is 0 Å². The molecule has 0 aliphatic heterocycles. The van der Waals surface area contributed by atoms with Crippen LogP contribution in [0.25, 0.3) is 0 Å². The van der Waals surface area contributed by atoms with Crippen LogP contribution in [0.4, 0.5) is 13.2 Å². The van der Waals surface area contributed by atoms with E-state index in [1.165, 1.54) is 0 Å². The zero-order chi connectivity index (χ0) is 12.3. The summed E-state index contributed by atoms with van der Waals surface area (Å²) in [6.07, 6.45) is -3.79. The molecule has 1 aromatic rings. The molecule has 0 aromatic carbocycles. The first-order chi connectivity index (χ1) is 7.32. The highest BCUT2D eigenvalue weighted by Crippen LogP contribution is 2.29. The average Bonchev–Trinajstić information content (AvgIpc) is 2.61. The quantitative estimate of drug-likeness (QED) is 0.714. The topological polar surface area (TPSA) is 83.8 Å². The molecule has 0 saturated heterocycles. The van der Waals surface area contributed by atoms with Crippen molar-refractivity contribution in [1.29, 1.82) is 0 Å². The number of carbonyl (C=O) groups is 1. The number of nitrogens with one attached hydrogen (secondary N) is 2. The van der Waals surface area contributed by atoms with Gasteiger partial charge in [0.25, 0.3) is 5.91 Å². The second-order valence-corrected chi connectivity index (χ2v) is 3.34. The van der Waals surface area contributed by atoms with Crippen molar-refractivity contribution in [1.82, 2.24) is 15.5 Å². The maximum atomic E-state index is 12.4. The Labute approximate surface area is 89.2 Å². The zero-order valence-electron chi connectivity index (χ0n) is 8.43. The number of rotatable bonds is 3. The lowest BCUT2D eigenvalue weighted by Crippen LogP contribution is -2.35. The van der Waals surface area contributed by atoms with Crippen LogP contribution in [0, 0.1) is 0 Å². The van der Waals surface area contributed by atoms with E-state index in [9.17, 15) is 18.0 Å². The van der Waals surface area contributed by atoms with Gasteiger partial charge in [0.05, 0.1) is 11.8 Å². The number of H-pyrrole nitrogens is 1. The molecule has 16 heavy (non-hydrogen) atoms. The van der Waals surface area contributed by atoms with E-state index in [-0.39, 0.29) is 12.6 Å². The molecule has 1 aromatic heterocycles. The van der Waals surface area contributed by atoms with Crippen LogP contribution in [0.1, 0.15) is 23.0 Å². The molecule has 8 heteroatoms. The van der Waals surface area contributed by atoms with E-state index < -0.39 is 23.3 Å². The predicted octanol–water partition coefficient (Wildman–Crippen LogP) is 0.506. The Balaban J connectivity index is 2.81. The molecule has 1 amide bonds. The minimum Gasteiger partial charge on any atom is -0.350 e. The number of alkyl halides is 3. The van der Waals surface area contributed by atoms with Crippen molar-refractivity contribution in [2.75, 3.05) is 6.54 Å². The van der Waals surface area contributed by atoms with E-state index in [1.54, 1.807) is 12.0 Å². The normalized spacial score (nSPS) is 13.6. The molecule has 1 atom stereocenters. The molecule has 1 unspecified atom stereocenters. The van der Waals surface area contributed by atoms with Crippen molar-refractivity contribution in [2.24, 2.45) is 5.73 Å². The second-order valence-electron chi connectivity index (χ2n) is 3.34. The Hall–Kier alpha value is -1.57. The van der Waals surface area contributed by atoms with Gasteiger partial charge in [0.15, 0.2) is 5.69 Å². The Bertz CT molecular complexity index is 372. The van der Waals surface area contributed by atoms with E-state index in [4.69, 9.17) is 5.73 Å². The molecule has 0 aliphatic rings. The van der Waals surface area contributed by atoms with Crippen molar-refractivity contribution < 1.29 is 18.0 Å². The van der Waals surface area contributed by atoms with Gasteiger partial charge in [-0.05, 0) is 6.92 Å². The largest absolute Gasteiger partial charge is 0.433 e. The smallest absolute Gasteiger partial charge is 0.350 e. The zero-order valence-corrected chi connectivity index (χ0v) is 8.43. The molecular formula is C8H11F3N4O. The Morgan fingerprint density at radius 2 is 2.31 bits per heavy atom. The van der Waals surface area contributed by atoms with Gasteiger partial charge in [-0.2, -0.15) is 18.3 Å². The fraction of sp³-hybridized carbons (Fsp3) is 0.500. The van der Waals surface area contributed by atoms with Gasteiger partial charge in [-0.25, -0.2) is 0 Å². The molecule has 5 nitrogen and oxygen atoms in total. The molecule has 0 radical (unpaired) electrons. The number of aromatic nitrogens is 2. The van der Waals surface area contributed by atoms with Crippen LogP contribution in [-0.4, -0.2) is 28.7 Å². The van der Waals surface area contributed by atoms with Crippen LogP contribution in [0.15, 0.2) is 6.20 Å². The Kier molecular flexibility index (Phi) is 3.53. The summed E-state index contributed by atoms with van der Waals surface area (Å²) in [5.74, 6) is -0.849. The highest BCUT2D eigenvalue weighted by atomic mass is 19.4. The number of amides is 1. The molecule has 4 N–H and O–H groups in total. The van der Waals surface area contributed by atoms with Gasteiger partial charge in [-0.1, -0.05) is 0 Å². The third-order valence-corrected chi connectivity index (χ3v) is 1.75. The van der Waals surface area contributed by atoms with Crippen molar-refractivity contribution in [3.05, 3.63) is 17.5 Å². The highest BCUT2D eigenvalue weighted by Gasteiger charge is 2.37. The number of hydrogen-bond acceptors (Lipinski definition) is 3. The summed E-state index contributed by atoms with van der Waals surface area (Å²) in [6.45, 7) is 1.72. The van der Waals surface area contributed by atoms with Crippen LogP contribution in [0.5, 0.6) is 0 Å². The van der Waals surface area contributed by atoms with E-state index in [1.807, 2.05) is 0 Å². The van der Waals surface area contributed by atoms with Gasteiger partial charge in [-0.3, -0.25) is 9.89 Å². The first-order valence-corrected chi connectivity index (χ1v) is 4.46. The van der Waals surface area contributed by atoms with Gasteiger partial charge >= 0.3 is 6.18 Å². The Morgan fingerprint density at radius 3 is 2.81 bits per heavy atom. The molecular weight excluding hydrogens is 225 g/mol. The van der Waals surface area contributed by atoms with Crippen LogP contribution in [-0.2, 0) is 6.18 Å². The number of aromatic amines is 1. The number of nitrogens with two attached hydrogens (primary N) is 1. The summed E-state index contributed by atoms with van der Waals surface area (Å²) in [6, 6.07) is -0.329. The number of halogens is 3. The highest BCUT2D eigenvalue weighted by molar-refractivity contribution is 5.95. The van der Waals surface area contributed by atoms with Crippen LogP contribution in [0.2, 0.25) is 0 Å². The summed E-state index contributed by atoms with van der Waals surface area (Å²) in [4.78, 5) is 11.4. The van der Waals surface area contributed by atoms with Gasteiger partial charge < -0.3 is 11.1 Å². The van der Waals surface area contributed by atoms with Gasteiger partial charge in [0.1, 0.15) is 0 Å². The SMILES string of the molecule is CC(N)CNC(=O)c1cn[nH]c1C(F)(F)F. The first-order valence-electron chi connectivity index (χ1n) is 4.46. The molecule has 1 heterocycles. The summed E-state index contributed by atoms with van der Waals surface area (Å²) in [7, 11) is 0. The summed E-state index contributed by atoms with van der Waals surface area (Å²) >= 11 is 0. The van der Waals surface area contributed by atoms with Crippen molar-refractivity contribution in [3.63, 3.8) is 0 Å². The number of hydrogen-bond donors (Lipinski definition) is 3. The summed E-state index contributed by atoms with van der Waals surface area (Å²) in [5.41, 5.74) is 3.67. The van der Waals surface area contributed by atoms with E-state index in [2.05, 4.69) is 10.4 Å². The summed E-state index contributed by atoms with van der Waals surface area (Å²) in [5, 5.41) is 7.22. The van der Waals surface area contributed by atoms with Gasteiger partial charge in [0.2, 0.25) is 0 Å². The molecule has 0 saturated carbocycles. The molecule has 0 spiro atoms. The summed E-state index contributed by atoms with van der Waals surface area (Å²) < 4.78 is 37.1. The molecule has 0 aliphatic carbocycles. The third kappa shape index (κ3) is 2.96. The fourth-order valence-corrected chi connectivity index (χ4v) is 1.02.